The van der Waals surface area contributed by atoms with Crippen molar-refractivity contribution in [3.63, 3.8) is 0 Å². The Morgan fingerprint density at radius 2 is 1.47 bits per heavy atom. The van der Waals surface area contributed by atoms with Crippen molar-refractivity contribution in [1.29, 1.82) is 0 Å². The normalized spacial score (nSPS) is 27.9. The second kappa shape index (κ2) is 8.23. The van der Waals surface area contributed by atoms with Crippen LogP contribution in [0.25, 0.3) is 0 Å². The first-order chi connectivity index (χ1) is 16.2. The van der Waals surface area contributed by atoms with E-state index in [4.69, 9.17) is 9.26 Å². The third kappa shape index (κ3) is 3.24. The monoisotopic (exact) mass is 472 g/mol. The van der Waals surface area contributed by atoms with E-state index in [1.54, 1.807) is 0 Å². The van der Waals surface area contributed by atoms with Gasteiger partial charge < -0.3 is 9.26 Å². The first kappa shape index (κ1) is 23.1. The van der Waals surface area contributed by atoms with Gasteiger partial charge in [0.05, 0.1) is 13.8 Å². The summed E-state index contributed by atoms with van der Waals surface area (Å²) in [6.07, 6.45) is 0. The zero-order valence-electron chi connectivity index (χ0n) is 19.9. The molecule has 0 amide bonds. The molecule has 0 saturated carbocycles. The van der Waals surface area contributed by atoms with E-state index < -0.39 is 19.1 Å². The highest BCUT2D eigenvalue weighted by atomic mass is 31.1. The second-order valence-corrected chi connectivity index (χ2v) is 12.2. The van der Waals surface area contributed by atoms with E-state index in [-0.39, 0.29) is 29.2 Å². The Bertz CT molecular complexity index is 1230. The topological polar surface area (TPSA) is 52.6 Å². The molecule has 0 unspecified atom stereocenters. The molecule has 1 saturated heterocycles. The number of hydrogen-bond donors (Lipinski definition) is 0. The highest BCUT2D eigenvalue weighted by molar-refractivity contribution is 7.55. The van der Waals surface area contributed by atoms with E-state index in [2.05, 4.69) is 20.8 Å². The molecule has 5 rings (SSSR count). The fourth-order valence-electron chi connectivity index (χ4n) is 5.53. The van der Waals surface area contributed by atoms with Crippen molar-refractivity contribution in [2.75, 3.05) is 6.61 Å². The largest absolute Gasteiger partial charge is 0.347 e. The smallest absolute Gasteiger partial charge is 0.200 e. The SMILES string of the molecule is CC(=O)CO[P@@]1[C@@H](C(C)(C)C)[C@@]2(c3ccccc3)O[C@]1(c1ccccc1)c1ccccc1C2=O. The lowest BCUT2D eigenvalue weighted by Crippen LogP contribution is -2.52. The standard InChI is InChI=1S/C29H29O4P/c1-20(30)19-32-34-26(27(2,3)4)28(21-13-7-5-8-14-21)25(31)23-17-11-12-18-24(23)29(34,33-28)22-15-9-6-10-16-22/h5-18,26H,19H2,1-4H3/t26-,28-,29-,34-/m0/s1. The molecule has 174 valence electrons. The lowest BCUT2D eigenvalue weighted by atomic mass is 9.71. The van der Waals surface area contributed by atoms with Gasteiger partial charge in [0.2, 0.25) is 0 Å². The minimum Gasteiger partial charge on any atom is -0.347 e. The summed E-state index contributed by atoms with van der Waals surface area (Å²) in [6, 6.07) is 27.5. The van der Waals surface area contributed by atoms with Crippen molar-refractivity contribution >= 4 is 19.7 Å². The zero-order chi connectivity index (χ0) is 24.1. The van der Waals surface area contributed by atoms with Gasteiger partial charge in [0.1, 0.15) is 6.61 Å². The van der Waals surface area contributed by atoms with Gasteiger partial charge in [0.25, 0.3) is 0 Å². The van der Waals surface area contributed by atoms with Crippen LogP contribution in [0.3, 0.4) is 0 Å². The van der Waals surface area contributed by atoms with Crippen LogP contribution < -0.4 is 0 Å². The first-order valence-electron chi connectivity index (χ1n) is 11.6. The molecule has 2 aliphatic heterocycles. The summed E-state index contributed by atoms with van der Waals surface area (Å²) >= 11 is 0. The van der Waals surface area contributed by atoms with Crippen LogP contribution >= 0.6 is 8.15 Å². The van der Waals surface area contributed by atoms with Crippen LogP contribution in [-0.4, -0.2) is 23.8 Å². The van der Waals surface area contributed by atoms with Crippen molar-refractivity contribution < 1.29 is 18.8 Å². The summed E-state index contributed by atoms with van der Waals surface area (Å²) in [6.45, 7) is 7.92. The Morgan fingerprint density at radius 1 is 0.912 bits per heavy atom. The molecule has 0 aliphatic carbocycles. The number of fused-ring (bicyclic) bond motifs is 4. The van der Waals surface area contributed by atoms with Gasteiger partial charge in [-0.1, -0.05) is 106 Å². The molecule has 4 atom stereocenters. The van der Waals surface area contributed by atoms with Gasteiger partial charge in [-0.15, -0.1) is 0 Å². The molecule has 4 nitrogen and oxygen atoms in total. The molecular formula is C29H29O4P. The third-order valence-electron chi connectivity index (χ3n) is 6.71. The van der Waals surface area contributed by atoms with Crippen molar-refractivity contribution in [2.24, 2.45) is 5.41 Å². The fourth-order valence-corrected chi connectivity index (χ4v) is 8.97. The van der Waals surface area contributed by atoms with Crippen LogP contribution in [0.15, 0.2) is 84.9 Å². The van der Waals surface area contributed by atoms with Crippen LogP contribution in [0.5, 0.6) is 0 Å². The number of ketones is 2. The average molecular weight is 473 g/mol. The first-order valence-corrected chi connectivity index (χ1v) is 12.9. The summed E-state index contributed by atoms with van der Waals surface area (Å²) in [5.41, 5.74) is 1.37. The van der Waals surface area contributed by atoms with Gasteiger partial charge in [-0.2, -0.15) is 0 Å². The molecule has 3 aromatic carbocycles. The minimum absolute atomic E-state index is 0.0164. The van der Waals surface area contributed by atoms with E-state index in [0.29, 0.717) is 5.56 Å². The number of hydrogen-bond acceptors (Lipinski definition) is 4. The fraction of sp³-hybridized carbons (Fsp3) is 0.310. The second-order valence-electron chi connectivity index (χ2n) is 10.2. The minimum atomic E-state index is -1.48. The lowest BCUT2D eigenvalue weighted by Gasteiger charge is -2.43. The van der Waals surface area contributed by atoms with Crippen LogP contribution in [0.2, 0.25) is 0 Å². The summed E-state index contributed by atoms with van der Waals surface area (Å²) in [5.74, 6) is -0.0922. The number of carbonyl (C=O) groups is 2. The Labute approximate surface area is 202 Å². The molecule has 0 N–H and O–H groups in total. The van der Waals surface area contributed by atoms with E-state index >= 15 is 0 Å². The zero-order valence-corrected chi connectivity index (χ0v) is 20.8. The van der Waals surface area contributed by atoms with Crippen LogP contribution in [0.4, 0.5) is 0 Å². The van der Waals surface area contributed by atoms with E-state index in [0.717, 1.165) is 16.7 Å². The molecule has 1 fully saturated rings. The highest BCUT2D eigenvalue weighted by Gasteiger charge is 2.74. The Hall–Kier alpha value is -2.65. The molecule has 0 aromatic heterocycles. The number of rotatable bonds is 5. The van der Waals surface area contributed by atoms with Crippen molar-refractivity contribution in [3.8, 4) is 0 Å². The number of Topliss-reactive ketones (excluding diaryl/α,β-unsaturated/α-hetero) is 2. The van der Waals surface area contributed by atoms with Crippen LogP contribution in [0, 0.1) is 5.41 Å². The Morgan fingerprint density at radius 3 is 2.06 bits per heavy atom. The molecule has 0 spiro atoms. The van der Waals surface area contributed by atoms with E-state index in [1.807, 2.05) is 84.9 Å². The summed E-state index contributed by atoms with van der Waals surface area (Å²) < 4.78 is 13.8. The van der Waals surface area contributed by atoms with Crippen molar-refractivity contribution in [1.82, 2.24) is 0 Å². The number of ether oxygens (including phenoxy) is 1. The quantitative estimate of drug-likeness (QED) is 0.402. The highest BCUT2D eigenvalue weighted by Crippen LogP contribution is 2.79. The molecule has 2 aliphatic rings. The average Bonchev–Trinajstić information content (AvgIpc) is 3.13. The molecule has 0 radical (unpaired) electrons. The molecule has 34 heavy (non-hydrogen) atoms. The predicted molar refractivity (Wildman–Crippen MR) is 134 cm³/mol. The molecule has 2 bridgehead atoms. The van der Waals surface area contributed by atoms with Gasteiger partial charge in [0, 0.05) is 11.1 Å². The molecule has 3 aromatic rings. The Balaban J connectivity index is 1.91. The lowest BCUT2D eigenvalue weighted by molar-refractivity contribution is -0.118. The van der Waals surface area contributed by atoms with E-state index in [9.17, 15) is 9.59 Å². The molecular weight excluding hydrogens is 443 g/mol. The third-order valence-corrected chi connectivity index (χ3v) is 9.93. The summed E-state index contributed by atoms with van der Waals surface area (Å²) in [4.78, 5) is 26.6. The van der Waals surface area contributed by atoms with Crippen molar-refractivity contribution in [3.05, 3.63) is 107 Å². The van der Waals surface area contributed by atoms with E-state index in [1.165, 1.54) is 6.92 Å². The maximum absolute atomic E-state index is 14.5. The van der Waals surface area contributed by atoms with Gasteiger partial charge in [0.15, 0.2) is 22.5 Å². The van der Waals surface area contributed by atoms with Crippen LogP contribution in [0.1, 0.15) is 54.7 Å². The van der Waals surface area contributed by atoms with Crippen LogP contribution in [-0.2, 0) is 25.0 Å². The summed E-state index contributed by atoms with van der Waals surface area (Å²) in [7, 11) is -1.48. The molecule has 2 heterocycles. The molecule has 5 heteroatoms. The number of benzene rings is 3. The maximum Gasteiger partial charge on any atom is 0.200 e. The number of carbonyl (C=O) groups excluding carboxylic acids is 2. The van der Waals surface area contributed by atoms with Gasteiger partial charge in [-0.05, 0) is 23.5 Å². The summed E-state index contributed by atoms with van der Waals surface area (Å²) in [5, 5.41) is -0.982. The predicted octanol–water partition coefficient (Wildman–Crippen LogP) is 6.43. The Kier molecular flexibility index (Phi) is 5.60. The van der Waals surface area contributed by atoms with Gasteiger partial charge in [-0.25, -0.2) is 0 Å². The van der Waals surface area contributed by atoms with Crippen molar-refractivity contribution in [2.45, 2.75) is 44.3 Å². The maximum atomic E-state index is 14.5. The van der Waals surface area contributed by atoms with Gasteiger partial charge in [-0.3, -0.25) is 9.59 Å². The van der Waals surface area contributed by atoms with Gasteiger partial charge >= 0.3 is 0 Å².